The molecule has 1 aliphatic rings. The topological polar surface area (TPSA) is 69.2 Å². The van der Waals surface area contributed by atoms with Crippen molar-refractivity contribution in [1.29, 1.82) is 5.26 Å². The summed E-state index contributed by atoms with van der Waals surface area (Å²) in [5.74, 6) is -0.590. The van der Waals surface area contributed by atoms with E-state index in [-0.39, 0.29) is 16.5 Å². The minimum atomic E-state index is -2.63. The van der Waals surface area contributed by atoms with Gasteiger partial charge in [-0.1, -0.05) is 0 Å². The quantitative estimate of drug-likeness (QED) is 0.823. The summed E-state index contributed by atoms with van der Waals surface area (Å²) < 4.78 is 37.9. The maximum atomic E-state index is 14.1. The first-order chi connectivity index (χ1) is 10.7. The van der Waals surface area contributed by atoms with Crippen LogP contribution in [0.2, 0.25) is 0 Å². The molecule has 1 heterocycles. The fourth-order valence-corrected chi connectivity index (χ4v) is 2.53. The van der Waals surface area contributed by atoms with Crippen LogP contribution >= 0.6 is 0 Å². The van der Waals surface area contributed by atoms with E-state index in [4.69, 9.17) is 4.11 Å². The van der Waals surface area contributed by atoms with E-state index in [1.165, 1.54) is 10.6 Å². The number of hydrogen-bond donors (Lipinski definition) is 2. The van der Waals surface area contributed by atoms with E-state index in [1.54, 1.807) is 0 Å². The first kappa shape index (κ1) is 9.97. The van der Waals surface area contributed by atoms with Crippen LogP contribution in [0.5, 0.6) is 0 Å². The van der Waals surface area contributed by atoms with Gasteiger partial charge >= 0.3 is 7.12 Å². The van der Waals surface area contributed by atoms with E-state index in [0.29, 0.717) is 18.0 Å². The van der Waals surface area contributed by atoms with Gasteiger partial charge in [0.2, 0.25) is 0 Å². The smallest absolute Gasteiger partial charge is 0.422 e. The second-order valence-corrected chi connectivity index (χ2v) is 5.15. The molecule has 0 bridgehead atoms. The number of halogens is 1. The van der Waals surface area contributed by atoms with E-state index in [1.807, 2.05) is 6.07 Å². The number of aromatic nitrogens is 1. The largest absolute Gasteiger partial charge is 0.507 e. The molecule has 0 amide bonds. The molecule has 0 atom stereocenters. The van der Waals surface area contributed by atoms with Gasteiger partial charge in [0.15, 0.2) is 0 Å². The van der Waals surface area contributed by atoms with Crippen molar-refractivity contribution in [1.82, 2.24) is 4.57 Å². The van der Waals surface area contributed by atoms with E-state index in [9.17, 15) is 19.7 Å². The average Bonchev–Trinajstić information content (AvgIpc) is 3.19. The predicted molar refractivity (Wildman–Crippen MR) is 73.9 cm³/mol. The fourth-order valence-electron chi connectivity index (χ4n) is 2.53. The van der Waals surface area contributed by atoms with Crippen molar-refractivity contribution in [3.05, 3.63) is 29.1 Å². The lowest BCUT2D eigenvalue weighted by atomic mass is 9.82. The Bertz CT molecular complexity index is 822. The summed E-state index contributed by atoms with van der Waals surface area (Å²) in [5, 5.41) is 28.8. The number of aryl methyl sites for hydroxylation is 1. The van der Waals surface area contributed by atoms with Gasteiger partial charge in [0.05, 0.1) is 11.2 Å². The molecule has 4 nitrogen and oxygen atoms in total. The zero-order valence-corrected chi connectivity index (χ0v) is 10.6. The van der Waals surface area contributed by atoms with Crippen LogP contribution in [0, 0.1) is 29.9 Å². The predicted octanol–water partition coefficient (Wildman–Crippen LogP) is 1.05. The van der Waals surface area contributed by atoms with Crippen molar-refractivity contribution < 1.29 is 18.6 Å². The first-order valence-electron chi connectivity index (χ1n) is 7.86. The van der Waals surface area contributed by atoms with Gasteiger partial charge < -0.3 is 14.6 Å². The van der Waals surface area contributed by atoms with Crippen LogP contribution in [0.4, 0.5) is 4.39 Å². The third kappa shape index (κ3) is 2.00. The molecule has 0 unspecified atom stereocenters. The van der Waals surface area contributed by atoms with Gasteiger partial charge in [-0.15, -0.1) is 0 Å². The van der Waals surface area contributed by atoms with Crippen LogP contribution in [0.25, 0.3) is 10.9 Å². The molecule has 1 fully saturated rings. The number of fused-ring (bicyclic) bond motifs is 1. The zero-order chi connectivity index (χ0) is 16.9. The normalized spacial score (nSPS) is 17.4. The minimum Gasteiger partial charge on any atom is -0.422 e. The van der Waals surface area contributed by atoms with Gasteiger partial charge in [0.25, 0.3) is 0 Å². The molecule has 20 heavy (non-hydrogen) atoms. The first-order valence-corrected chi connectivity index (χ1v) is 6.36. The lowest BCUT2D eigenvalue weighted by Crippen LogP contribution is -2.38. The molecule has 1 saturated carbocycles. The van der Waals surface area contributed by atoms with Crippen molar-refractivity contribution in [3.8, 4) is 6.07 Å². The molecule has 1 aromatic carbocycles. The van der Waals surface area contributed by atoms with Gasteiger partial charge in [0, 0.05) is 21.6 Å². The van der Waals surface area contributed by atoms with Crippen molar-refractivity contribution in [2.24, 2.45) is 5.92 Å². The lowest BCUT2D eigenvalue weighted by Gasteiger charge is -2.10. The fraction of sp³-hybridized carbons (Fsp3) is 0.357. The number of nitrogens with zero attached hydrogens (tertiary/aromatic N) is 2. The summed E-state index contributed by atoms with van der Waals surface area (Å²) in [6.07, 6.45) is 1.96. The summed E-state index contributed by atoms with van der Waals surface area (Å²) in [6, 6.07) is 4.05. The summed E-state index contributed by atoms with van der Waals surface area (Å²) >= 11 is 0. The highest BCUT2D eigenvalue weighted by Crippen LogP contribution is 2.33. The summed E-state index contributed by atoms with van der Waals surface area (Å²) in [5.41, 5.74) is -0.157. The molecule has 0 aliphatic heterocycles. The molecule has 102 valence electrons. The van der Waals surface area contributed by atoms with Crippen LogP contribution in [0.3, 0.4) is 0 Å². The molecule has 2 N–H and O–H groups in total. The molecule has 1 aromatic heterocycles. The van der Waals surface area contributed by atoms with E-state index < -0.39 is 25.4 Å². The average molecular weight is 275 g/mol. The Morgan fingerprint density at radius 1 is 1.55 bits per heavy atom. The number of benzene rings is 1. The number of nitriles is 1. The van der Waals surface area contributed by atoms with Gasteiger partial charge in [-0.2, -0.15) is 5.26 Å². The highest BCUT2D eigenvalue weighted by molar-refractivity contribution is 6.59. The standard InChI is InChI=1S/C14H14BFN2O2/c1-8-4-13-10(5-12(8)16)11(6-17)14(15(19)20)18(13)7-9-2-3-9/h4-5,9,19-20H,2-3,7H2,1H3/i1D3. The van der Waals surface area contributed by atoms with Crippen LogP contribution in [0.15, 0.2) is 12.1 Å². The SMILES string of the molecule is [2H]C([2H])([2H])c1cc2c(cc1F)c(C#N)c(B(O)O)n2CC1CC1. The Balaban J connectivity index is 2.34. The van der Waals surface area contributed by atoms with Crippen molar-refractivity contribution in [2.45, 2.75) is 26.2 Å². The highest BCUT2D eigenvalue weighted by atomic mass is 19.1. The molecule has 0 saturated heterocycles. The van der Waals surface area contributed by atoms with Crippen molar-refractivity contribution in [2.75, 3.05) is 0 Å². The maximum absolute atomic E-state index is 14.1. The van der Waals surface area contributed by atoms with Gasteiger partial charge in [-0.25, -0.2) is 4.39 Å². The summed E-state index contributed by atoms with van der Waals surface area (Å²) in [4.78, 5) is 0. The molecule has 0 spiro atoms. The Morgan fingerprint density at radius 2 is 2.30 bits per heavy atom. The zero-order valence-electron chi connectivity index (χ0n) is 13.6. The minimum absolute atomic E-state index is 0.0171. The Hall–Kier alpha value is -1.84. The van der Waals surface area contributed by atoms with Crippen LogP contribution in [-0.4, -0.2) is 21.7 Å². The Morgan fingerprint density at radius 3 is 2.85 bits per heavy atom. The number of rotatable bonds is 3. The van der Waals surface area contributed by atoms with Crippen molar-refractivity contribution in [3.63, 3.8) is 0 Å². The molecule has 3 rings (SSSR count). The second kappa shape index (κ2) is 4.62. The lowest BCUT2D eigenvalue weighted by molar-refractivity contribution is 0.421. The summed E-state index contributed by atoms with van der Waals surface area (Å²) in [7, 11) is -1.89. The molecular weight excluding hydrogens is 258 g/mol. The Labute approximate surface area is 120 Å². The highest BCUT2D eigenvalue weighted by Gasteiger charge is 2.30. The van der Waals surface area contributed by atoms with Gasteiger partial charge in [-0.05, 0) is 43.3 Å². The Kier molecular flexibility index (Phi) is 2.30. The molecule has 6 heteroatoms. The van der Waals surface area contributed by atoms with E-state index in [2.05, 4.69) is 0 Å². The second-order valence-electron chi connectivity index (χ2n) is 5.15. The summed E-state index contributed by atoms with van der Waals surface area (Å²) in [6.45, 7) is -2.19. The maximum Gasteiger partial charge on any atom is 0.507 e. The van der Waals surface area contributed by atoms with Gasteiger partial charge in [-0.3, -0.25) is 0 Å². The van der Waals surface area contributed by atoms with Crippen LogP contribution in [-0.2, 0) is 6.54 Å². The molecule has 0 radical (unpaired) electrons. The molecular formula is C14H14BFN2O2. The molecule has 2 aromatic rings. The molecule has 1 aliphatic carbocycles. The number of hydrogen-bond acceptors (Lipinski definition) is 3. The van der Waals surface area contributed by atoms with Gasteiger partial charge in [0.1, 0.15) is 11.9 Å². The van der Waals surface area contributed by atoms with E-state index in [0.717, 1.165) is 18.9 Å². The monoisotopic (exact) mass is 275 g/mol. The van der Waals surface area contributed by atoms with Crippen LogP contribution in [0.1, 0.15) is 28.1 Å². The van der Waals surface area contributed by atoms with Crippen molar-refractivity contribution >= 4 is 23.6 Å². The van der Waals surface area contributed by atoms with Crippen LogP contribution < -0.4 is 5.59 Å². The third-order valence-corrected chi connectivity index (χ3v) is 3.69. The van der Waals surface area contributed by atoms with E-state index >= 15 is 0 Å². The third-order valence-electron chi connectivity index (χ3n) is 3.69.